The molecule has 0 unspecified atom stereocenters. The van der Waals surface area contributed by atoms with Crippen LogP contribution in [0.3, 0.4) is 0 Å². The number of ether oxygens (including phenoxy) is 1. The molecule has 3 aromatic rings. The predicted molar refractivity (Wildman–Crippen MR) is 103 cm³/mol. The van der Waals surface area contributed by atoms with Crippen molar-refractivity contribution in [1.29, 1.82) is 0 Å². The molecule has 0 aliphatic rings. The SMILES string of the molecule is Cc1cc(C(=O)c2c(O)n(C(=O)OC(C)(C)C)c3cc(Cl)c(Br)cc23)on1. The molecule has 2 aromatic heterocycles. The van der Waals surface area contributed by atoms with Crippen molar-refractivity contribution >= 4 is 50.3 Å². The van der Waals surface area contributed by atoms with Gasteiger partial charge in [-0.25, -0.2) is 9.36 Å². The third kappa shape index (κ3) is 3.59. The Kier molecular flexibility index (Phi) is 4.81. The molecule has 0 aliphatic carbocycles. The summed E-state index contributed by atoms with van der Waals surface area (Å²) in [6.07, 6.45) is -0.837. The van der Waals surface area contributed by atoms with Crippen LogP contribution in [0.25, 0.3) is 10.9 Å². The van der Waals surface area contributed by atoms with Gasteiger partial charge in [0.1, 0.15) is 5.60 Å². The summed E-state index contributed by atoms with van der Waals surface area (Å²) in [5.74, 6) is -1.24. The van der Waals surface area contributed by atoms with Crippen LogP contribution in [0.2, 0.25) is 5.02 Å². The normalized spacial score (nSPS) is 11.8. The van der Waals surface area contributed by atoms with Crippen LogP contribution in [-0.2, 0) is 4.74 Å². The maximum atomic E-state index is 12.9. The highest BCUT2D eigenvalue weighted by molar-refractivity contribution is 9.10. The minimum absolute atomic E-state index is 0.0582. The van der Waals surface area contributed by atoms with E-state index in [0.29, 0.717) is 20.6 Å². The third-order valence-electron chi connectivity index (χ3n) is 3.64. The number of aryl methyl sites for hydroxylation is 1. The number of aromatic nitrogens is 2. The number of hydrogen-bond acceptors (Lipinski definition) is 6. The summed E-state index contributed by atoms with van der Waals surface area (Å²) in [7, 11) is 0. The highest BCUT2D eigenvalue weighted by Gasteiger charge is 2.31. The van der Waals surface area contributed by atoms with Crippen LogP contribution in [0, 0.1) is 6.92 Å². The summed E-state index contributed by atoms with van der Waals surface area (Å²) in [4.78, 5) is 25.6. The van der Waals surface area contributed by atoms with Gasteiger partial charge in [-0.05, 0) is 55.8 Å². The molecule has 7 nitrogen and oxygen atoms in total. The van der Waals surface area contributed by atoms with Gasteiger partial charge in [0.05, 0.1) is 21.8 Å². The standard InChI is InChI=1S/C18H16BrClN2O5/c1-8-5-13(27-21-8)15(23)14-9-6-10(19)11(20)7-12(9)22(16(14)24)17(25)26-18(2,3)4/h5-7,24H,1-4H3. The Hall–Kier alpha value is -2.32. The van der Waals surface area contributed by atoms with Crippen LogP contribution >= 0.6 is 27.5 Å². The van der Waals surface area contributed by atoms with E-state index in [2.05, 4.69) is 21.1 Å². The van der Waals surface area contributed by atoms with E-state index in [1.807, 2.05) is 0 Å². The maximum Gasteiger partial charge on any atom is 0.421 e. The van der Waals surface area contributed by atoms with Crippen LogP contribution in [0.1, 0.15) is 42.6 Å². The van der Waals surface area contributed by atoms with Crippen LogP contribution < -0.4 is 0 Å². The fraction of sp³-hybridized carbons (Fsp3) is 0.278. The second-order valence-electron chi connectivity index (χ2n) is 6.96. The van der Waals surface area contributed by atoms with Crippen molar-refractivity contribution in [3.8, 4) is 5.88 Å². The highest BCUT2D eigenvalue weighted by Crippen LogP contribution is 2.38. The molecule has 0 radical (unpaired) electrons. The summed E-state index contributed by atoms with van der Waals surface area (Å²) in [5, 5.41) is 15.0. The first-order valence-corrected chi connectivity index (χ1v) is 9.10. The summed E-state index contributed by atoms with van der Waals surface area (Å²) in [5.41, 5.74) is -0.164. The molecule has 0 fully saturated rings. The van der Waals surface area contributed by atoms with E-state index in [9.17, 15) is 14.7 Å². The fourth-order valence-electron chi connectivity index (χ4n) is 2.58. The molecule has 0 atom stereocenters. The van der Waals surface area contributed by atoms with Crippen LogP contribution in [-0.4, -0.2) is 32.3 Å². The molecular formula is C18H16BrClN2O5. The van der Waals surface area contributed by atoms with E-state index < -0.39 is 23.4 Å². The molecule has 1 aromatic carbocycles. The first-order valence-electron chi connectivity index (χ1n) is 7.93. The average Bonchev–Trinajstić information content (AvgIpc) is 3.07. The Labute approximate surface area is 168 Å². The first-order chi connectivity index (χ1) is 12.5. The Morgan fingerprint density at radius 3 is 2.52 bits per heavy atom. The smallest absolute Gasteiger partial charge is 0.421 e. The number of carbonyl (C=O) groups is 2. The summed E-state index contributed by atoms with van der Waals surface area (Å²) >= 11 is 9.45. The third-order valence-corrected chi connectivity index (χ3v) is 4.84. The van der Waals surface area contributed by atoms with E-state index in [-0.39, 0.29) is 16.8 Å². The van der Waals surface area contributed by atoms with Crippen molar-refractivity contribution in [3.63, 3.8) is 0 Å². The molecular weight excluding hydrogens is 440 g/mol. The van der Waals surface area contributed by atoms with Crippen molar-refractivity contribution in [2.45, 2.75) is 33.3 Å². The molecule has 142 valence electrons. The summed E-state index contributed by atoms with van der Waals surface area (Å²) in [6.45, 7) is 6.75. The average molecular weight is 456 g/mol. The number of fused-ring (bicyclic) bond motifs is 1. The molecule has 1 N–H and O–H groups in total. The topological polar surface area (TPSA) is 94.6 Å². The Bertz CT molecular complexity index is 1080. The Balaban J connectivity index is 2.28. The minimum atomic E-state index is -0.837. The van der Waals surface area contributed by atoms with E-state index in [0.717, 1.165) is 4.57 Å². The van der Waals surface area contributed by atoms with Gasteiger partial charge in [0.25, 0.3) is 0 Å². The molecule has 2 heterocycles. The lowest BCUT2D eigenvalue weighted by Gasteiger charge is -2.20. The zero-order valence-electron chi connectivity index (χ0n) is 15.0. The van der Waals surface area contributed by atoms with E-state index in [1.165, 1.54) is 12.1 Å². The summed E-state index contributed by atoms with van der Waals surface area (Å²) < 4.78 is 11.8. The van der Waals surface area contributed by atoms with E-state index in [4.69, 9.17) is 20.9 Å². The van der Waals surface area contributed by atoms with Gasteiger partial charge >= 0.3 is 6.09 Å². The number of hydrogen-bond donors (Lipinski definition) is 1. The van der Waals surface area contributed by atoms with Gasteiger partial charge in [-0.2, -0.15) is 0 Å². The number of rotatable bonds is 2. The van der Waals surface area contributed by atoms with Gasteiger partial charge in [0, 0.05) is 15.9 Å². The second-order valence-corrected chi connectivity index (χ2v) is 8.22. The highest BCUT2D eigenvalue weighted by atomic mass is 79.9. The molecule has 3 rings (SSSR count). The number of halogens is 2. The molecule has 0 bridgehead atoms. The van der Waals surface area contributed by atoms with Crippen molar-refractivity contribution in [2.75, 3.05) is 0 Å². The van der Waals surface area contributed by atoms with Gasteiger partial charge < -0.3 is 14.4 Å². The Morgan fingerprint density at radius 1 is 1.30 bits per heavy atom. The number of benzene rings is 1. The van der Waals surface area contributed by atoms with E-state index >= 15 is 0 Å². The molecule has 0 saturated carbocycles. The molecule has 0 amide bonds. The molecule has 0 saturated heterocycles. The van der Waals surface area contributed by atoms with E-state index in [1.54, 1.807) is 33.8 Å². The zero-order chi connectivity index (χ0) is 20.1. The molecule has 0 aliphatic heterocycles. The minimum Gasteiger partial charge on any atom is -0.494 e. The Morgan fingerprint density at radius 2 is 1.96 bits per heavy atom. The van der Waals surface area contributed by atoms with Crippen molar-refractivity contribution in [3.05, 3.63) is 44.7 Å². The van der Waals surface area contributed by atoms with Gasteiger partial charge in [0.2, 0.25) is 17.4 Å². The second kappa shape index (κ2) is 6.69. The van der Waals surface area contributed by atoms with Gasteiger partial charge in [0.15, 0.2) is 0 Å². The lowest BCUT2D eigenvalue weighted by atomic mass is 10.1. The summed E-state index contributed by atoms with van der Waals surface area (Å²) in [6, 6.07) is 4.46. The number of carbonyl (C=O) groups excluding carboxylic acids is 2. The number of nitrogens with zero attached hydrogens (tertiary/aromatic N) is 2. The zero-order valence-corrected chi connectivity index (χ0v) is 17.3. The fourth-order valence-corrected chi connectivity index (χ4v) is 3.08. The largest absolute Gasteiger partial charge is 0.494 e. The molecule has 27 heavy (non-hydrogen) atoms. The number of ketones is 1. The van der Waals surface area contributed by atoms with Crippen LogP contribution in [0.15, 0.2) is 27.2 Å². The lowest BCUT2D eigenvalue weighted by Crippen LogP contribution is -2.27. The quantitative estimate of drug-likeness (QED) is 0.542. The van der Waals surface area contributed by atoms with Crippen molar-refractivity contribution in [2.24, 2.45) is 0 Å². The van der Waals surface area contributed by atoms with Crippen LogP contribution in [0.4, 0.5) is 4.79 Å². The van der Waals surface area contributed by atoms with Crippen LogP contribution in [0.5, 0.6) is 5.88 Å². The van der Waals surface area contributed by atoms with Crippen molar-refractivity contribution in [1.82, 2.24) is 9.72 Å². The monoisotopic (exact) mass is 454 g/mol. The lowest BCUT2D eigenvalue weighted by molar-refractivity contribution is 0.0533. The first kappa shape index (κ1) is 19.4. The number of aromatic hydroxyl groups is 1. The molecule has 0 spiro atoms. The molecule has 9 heteroatoms. The van der Waals surface area contributed by atoms with Crippen molar-refractivity contribution < 1.29 is 24.0 Å². The van der Waals surface area contributed by atoms with Gasteiger partial charge in [-0.15, -0.1) is 0 Å². The predicted octanol–water partition coefficient (Wildman–Crippen LogP) is 5.07. The van der Waals surface area contributed by atoms with Gasteiger partial charge in [-0.3, -0.25) is 4.79 Å². The maximum absolute atomic E-state index is 12.9. The van der Waals surface area contributed by atoms with Gasteiger partial charge in [-0.1, -0.05) is 16.8 Å².